The van der Waals surface area contributed by atoms with Gasteiger partial charge in [0.25, 0.3) is 10.0 Å². The normalized spacial score (nSPS) is 18.6. The lowest BCUT2D eigenvalue weighted by Crippen LogP contribution is -2.48. The highest BCUT2D eigenvalue weighted by Crippen LogP contribution is 2.35. The number of hydrogen-bond acceptors (Lipinski definition) is 10. The molecule has 2 aromatic carbocycles. The van der Waals surface area contributed by atoms with E-state index in [1.165, 1.54) is 18.7 Å². The van der Waals surface area contributed by atoms with Gasteiger partial charge < -0.3 is 39.0 Å². The molecule has 2 aliphatic rings. The number of anilines is 2. The molecule has 0 fully saturated rings. The number of fused-ring (bicyclic) bond motifs is 2. The quantitative estimate of drug-likeness (QED) is 0.331. The summed E-state index contributed by atoms with van der Waals surface area (Å²) in [6.07, 6.45) is -0.666. The highest BCUT2D eigenvalue weighted by Gasteiger charge is 2.32. The summed E-state index contributed by atoms with van der Waals surface area (Å²) in [4.78, 5) is 29.7. The largest absolute Gasteiger partial charge is 0.488 e. The minimum absolute atomic E-state index is 0.0581. The summed E-state index contributed by atoms with van der Waals surface area (Å²) in [6, 6.07) is 8.95. The van der Waals surface area contributed by atoms with Crippen LogP contribution in [0.25, 0.3) is 0 Å². The SMILES string of the molecule is Cc1noc(C)c1S(=O)(=O)Nc1ccc2c(c1)CC(=O)N([C@H](C)CO)C[C@H](C)[C@@H](CN(C)C(=O)Nc1ccc3c(c1)OCO3)O2. The number of aryl methyl sites for hydroxylation is 2. The van der Waals surface area contributed by atoms with Crippen LogP contribution in [0, 0.1) is 19.8 Å². The second kappa shape index (κ2) is 12.9. The third-order valence-electron chi connectivity index (χ3n) is 7.83. The number of sulfonamides is 1. The molecular weight excluding hydrogens is 606 g/mol. The average molecular weight is 644 g/mol. The Balaban J connectivity index is 1.40. The Labute approximate surface area is 261 Å². The van der Waals surface area contributed by atoms with Crippen LogP contribution in [0.5, 0.6) is 17.2 Å². The Morgan fingerprint density at radius 2 is 1.84 bits per heavy atom. The zero-order valence-corrected chi connectivity index (χ0v) is 26.5. The molecule has 3 heterocycles. The van der Waals surface area contributed by atoms with E-state index in [1.54, 1.807) is 55.3 Å². The van der Waals surface area contributed by atoms with Crippen molar-refractivity contribution < 1.29 is 41.8 Å². The molecule has 45 heavy (non-hydrogen) atoms. The van der Waals surface area contributed by atoms with Gasteiger partial charge in [0.15, 0.2) is 22.2 Å². The molecule has 3 amide bonds. The number of carbonyl (C=O) groups is 2. The first-order valence-corrected chi connectivity index (χ1v) is 15.9. The minimum atomic E-state index is -4.04. The fourth-order valence-electron chi connectivity index (χ4n) is 5.32. The van der Waals surface area contributed by atoms with Crippen molar-refractivity contribution in [3.8, 4) is 17.2 Å². The van der Waals surface area contributed by atoms with E-state index in [0.717, 1.165) is 0 Å². The van der Waals surface area contributed by atoms with Gasteiger partial charge in [0, 0.05) is 42.5 Å². The number of hydrogen-bond donors (Lipinski definition) is 3. The maximum absolute atomic E-state index is 13.5. The molecule has 0 radical (unpaired) electrons. The van der Waals surface area contributed by atoms with Crippen LogP contribution >= 0.6 is 0 Å². The van der Waals surface area contributed by atoms with Gasteiger partial charge in [0.2, 0.25) is 12.7 Å². The van der Waals surface area contributed by atoms with Gasteiger partial charge in [-0.15, -0.1) is 0 Å². The molecule has 0 unspecified atom stereocenters. The number of carbonyl (C=O) groups excluding carboxylic acids is 2. The second-order valence-corrected chi connectivity index (χ2v) is 13.0. The first kappa shape index (κ1) is 31.9. The molecule has 5 rings (SSSR count). The van der Waals surface area contributed by atoms with Crippen LogP contribution in [-0.4, -0.2) is 86.1 Å². The van der Waals surface area contributed by atoms with Gasteiger partial charge in [0.1, 0.15) is 17.5 Å². The molecule has 14 nitrogen and oxygen atoms in total. The van der Waals surface area contributed by atoms with Crippen LogP contribution in [0.3, 0.4) is 0 Å². The van der Waals surface area contributed by atoms with Crippen molar-refractivity contribution in [3.63, 3.8) is 0 Å². The molecule has 15 heteroatoms. The summed E-state index contributed by atoms with van der Waals surface area (Å²) in [6.45, 7) is 7.01. The van der Waals surface area contributed by atoms with Gasteiger partial charge in [-0.25, -0.2) is 13.2 Å². The standard InChI is InChI=1S/C30H37N5O9S/c1-17-13-35(18(2)15-36)28(37)11-21-10-23(33-45(39,40)29-19(3)32-44-20(29)4)7-8-24(21)43-27(17)14-34(5)30(38)31-22-6-9-25-26(12-22)42-16-41-25/h6-10,12,17-18,27,33,36H,11,13-16H2,1-5H3,(H,31,38)/t17-,18+,27+/m0/s1. The van der Waals surface area contributed by atoms with Crippen molar-refractivity contribution in [2.24, 2.45) is 5.92 Å². The molecule has 0 spiro atoms. The number of ether oxygens (including phenoxy) is 3. The number of amides is 3. The lowest BCUT2D eigenvalue weighted by Gasteiger charge is -2.34. The third-order valence-corrected chi connectivity index (χ3v) is 9.45. The first-order valence-electron chi connectivity index (χ1n) is 14.4. The van der Waals surface area contributed by atoms with Gasteiger partial charge >= 0.3 is 6.03 Å². The molecule has 2 aliphatic heterocycles. The maximum atomic E-state index is 13.5. The summed E-state index contributed by atoms with van der Waals surface area (Å²) in [5.74, 6) is 1.16. The van der Waals surface area contributed by atoms with Gasteiger partial charge in [-0.3, -0.25) is 9.52 Å². The van der Waals surface area contributed by atoms with Crippen LogP contribution < -0.4 is 24.2 Å². The Kier molecular flexibility index (Phi) is 9.11. The molecule has 3 atom stereocenters. The highest BCUT2D eigenvalue weighted by molar-refractivity contribution is 7.92. The fourth-order valence-corrected chi connectivity index (χ4v) is 6.70. The summed E-state index contributed by atoms with van der Waals surface area (Å²) in [5.41, 5.74) is 1.42. The van der Waals surface area contributed by atoms with Crippen molar-refractivity contribution in [1.82, 2.24) is 15.0 Å². The average Bonchev–Trinajstić information content (AvgIpc) is 3.61. The molecule has 1 aromatic heterocycles. The summed E-state index contributed by atoms with van der Waals surface area (Å²) in [5, 5.41) is 16.5. The maximum Gasteiger partial charge on any atom is 0.321 e. The van der Waals surface area contributed by atoms with E-state index in [4.69, 9.17) is 18.7 Å². The molecular formula is C30H37N5O9S. The Bertz CT molecular complexity index is 1670. The number of aliphatic hydroxyl groups is 1. The third kappa shape index (κ3) is 6.93. The number of benzene rings is 2. The number of aliphatic hydroxyl groups excluding tert-OH is 1. The number of nitrogens with one attached hydrogen (secondary N) is 2. The molecule has 0 aliphatic carbocycles. The van der Waals surface area contributed by atoms with Gasteiger partial charge in [-0.2, -0.15) is 0 Å². The van der Waals surface area contributed by atoms with E-state index >= 15 is 0 Å². The van der Waals surface area contributed by atoms with Crippen molar-refractivity contribution >= 4 is 33.3 Å². The van der Waals surface area contributed by atoms with E-state index in [1.807, 2.05) is 6.92 Å². The van der Waals surface area contributed by atoms with E-state index in [0.29, 0.717) is 28.5 Å². The van der Waals surface area contributed by atoms with Crippen LogP contribution in [0.15, 0.2) is 45.8 Å². The highest BCUT2D eigenvalue weighted by atomic mass is 32.2. The minimum Gasteiger partial charge on any atom is -0.488 e. The van der Waals surface area contributed by atoms with E-state index in [-0.39, 0.29) is 72.8 Å². The van der Waals surface area contributed by atoms with E-state index in [2.05, 4.69) is 15.2 Å². The van der Waals surface area contributed by atoms with Crippen molar-refractivity contribution in [2.45, 2.75) is 51.2 Å². The van der Waals surface area contributed by atoms with Crippen molar-refractivity contribution in [2.75, 3.05) is 43.6 Å². The Morgan fingerprint density at radius 3 is 2.56 bits per heavy atom. The second-order valence-electron chi connectivity index (χ2n) is 11.3. The van der Waals surface area contributed by atoms with E-state index in [9.17, 15) is 23.1 Å². The molecule has 3 aromatic rings. The molecule has 3 N–H and O–H groups in total. The number of nitrogens with zero attached hydrogens (tertiary/aromatic N) is 3. The topological polar surface area (TPSA) is 173 Å². The summed E-state index contributed by atoms with van der Waals surface area (Å²) in [7, 11) is -2.40. The van der Waals surface area contributed by atoms with Gasteiger partial charge in [-0.05, 0) is 51.1 Å². The van der Waals surface area contributed by atoms with Crippen molar-refractivity contribution in [3.05, 3.63) is 53.4 Å². The zero-order chi connectivity index (χ0) is 32.5. The number of likely N-dealkylation sites (N-methyl/N-ethyl adjacent to an activating group) is 1. The zero-order valence-electron chi connectivity index (χ0n) is 25.7. The number of rotatable bonds is 8. The smallest absolute Gasteiger partial charge is 0.321 e. The van der Waals surface area contributed by atoms with Gasteiger partial charge in [-0.1, -0.05) is 12.1 Å². The van der Waals surface area contributed by atoms with Crippen LogP contribution in [-0.2, 0) is 21.2 Å². The molecule has 0 saturated heterocycles. The lowest BCUT2D eigenvalue weighted by atomic mass is 10.0. The molecule has 0 saturated carbocycles. The summed E-state index contributed by atoms with van der Waals surface area (Å²) >= 11 is 0. The number of urea groups is 1. The molecule has 0 bridgehead atoms. The Morgan fingerprint density at radius 1 is 1.13 bits per heavy atom. The van der Waals surface area contributed by atoms with Crippen LogP contribution in [0.2, 0.25) is 0 Å². The predicted octanol–water partition coefficient (Wildman–Crippen LogP) is 3.13. The monoisotopic (exact) mass is 643 g/mol. The van der Waals surface area contributed by atoms with E-state index < -0.39 is 22.2 Å². The van der Waals surface area contributed by atoms with Gasteiger partial charge in [0.05, 0.1) is 25.6 Å². The Hall–Kier alpha value is -4.50. The number of aromatic nitrogens is 1. The van der Waals surface area contributed by atoms with Crippen molar-refractivity contribution in [1.29, 1.82) is 0 Å². The van der Waals surface area contributed by atoms with Crippen LogP contribution in [0.4, 0.5) is 16.2 Å². The first-order chi connectivity index (χ1) is 21.4. The van der Waals surface area contributed by atoms with Crippen LogP contribution in [0.1, 0.15) is 30.9 Å². The lowest BCUT2D eigenvalue weighted by molar-refractivity contribution is -0.134. The summed E-state index contributed by atoms with van der Waals surface area (Å²) < 4.78 is 51.1. The predicted molar refractivity (Wildman–Crippen MR) is 163 cm³/mol. The molecule has 242 valence electrons. The fraction of sp³-hybridized carbons (Fsp3) is 0.433.